The van der Waals surface area contributed by atoms with Crippen molar-refractivity contribution in [2.45, 2.75) is 0 Å². The number of methoxy groups -OCH3 is 2. The lowest BCUT2D eigenvalue weighted by Gasteiger charge is -2.08. The maximum atomic E-state index is 12.1. The summed E-state index contributed by atoms with van der Waals surface area (Å²) in [4.78, 5) is 24.0. The zero-order valence-corrected chi connectivity index (χ0v) is 16.2. The van der Waals surface area contributed by atoms with Crippen LogP contribution < -0.4 is 14.8 Å². The first-order chi connectivity index (χ1) is 14.1. The first-order valence-electron chi connectivity index (χ1n) is 8.94. The van der Waals surface area contributed by atoms with Gasteiger partial charge in [-0.1, -0.05) is 30.3 Å². The van der Waals surface area contributed by atoms with Gasteiger partial charge in [-0.2, -0.15) is 0 Å². The molecule has 0 unspecified atom stereocenters. The SMILES string of the molecule is COc1ccc(/C=C/C(=O)OCC(=O)Nc2ccc3ccccc3c2)c(OC)c1. The lowest BCUT2D eigenvalue weighted by atomic mass is 10.1. The van der Waals surface area contributed by atoms with Gasteiger partial charge in [-0.3, -0.25) is 4.79 Å². The number of fused-ring (bicyclic) bond motifs is 1. The molecule has 0 aliphatic carbocycles. The molecular weight excluding hydrogens is 370 g/mol. The largest absolute Gasteiger partial charge is 0.497 e. The van der Waals surface area contributed by atoms with E-state index in [1.54, 1.807) is 37.5 Å². The maximum Gasteiger partial charge on any atom is 0.331 e. The maximum absolute atomic E-state index is 12.1. The van der Waals surface area contributed by atoms with E-state index in [2.05, 4.69) is 5.32 Å². The number of benzene rings is 3. The molecule has 0 fully saturated rings. The van der Waals surface area contributed by atoms with Crippen LogP contribution in [-0.2, 0) is 14.3 Å². The predicted octanol–water partition coefficient (Wildman–Crippen LogP) is 4.05. The van der Waals surface area contributed by atoms with E-state index in [1.165, 1.54) is 13.2 Å². The smallest absolute Gasteiger partial charge is 0.331 e. The lowest BCUT2D eigenvalue weighted by Crippen LogP contribution is -2.20. The van der Waals surface area contributed by atoms with Gasteiger partial charge in [0.15, 0.2) is 6.61 Å². The van der Waals surface area contributed by atoms with Gasteiger partial charge in [0.2, 0.25) is 0 Å². The van der Waals surface area contributed by atoms with Crippen LogP contribution in [0.2, 0.25) is 0 Å². The fraction of sp³-hybridized carbons (Fsp3) is 0.130. The fourth-order valence-corrected chi connectivity index (χ4v) is 2.76. The molecule has 3 rings (SSSR count). The Kier molecular flexibility index (Phi) is 6.47. The zero-order chi connectivity index (χ0) is 20.6. The molecule has 1 amide bonds. The van der Waals surface area contributed by atoms with Crippen molar-refractivity contribution in [3.8, 4) is 11.5 Å². The van der Waals surface area contributed by atoms with Gasteiger partial charge in [0, 0.05) is 23.4 Å². The Hall–Kier alpha value is -3.80. The Balaban J connectivity index is 1.54. The van der Waals surface area contributed by atoms with Gasteiger partial charge in [-0.15, -0.1) is 0 Å². The number of nitrogens with one attached hydrogen (secondary N) is 1. The van der Waals surface area contributed by atoms with E-state index in [0.717, 1.165) is 10.8 Å². The van der Waals surface area contributed by atoms with Crippen LogP contribution in [0.25, 0.3) is 16.8 Å². The molecule has 0 heterocycles. The first kappa shape index (κ1) is 19.9. The van der Waals surface area contributed by atoms with Crippen LogP contribution in [0.5, 0.6) is 11.5 Å². The van der Waals surface area contributed by atoms with E-state index < -0.39 is 11.9 Å². The molecule has 6 nitrogen and oxygen atoms in total. The Morgan fingerprint density at radius 1 is 0.931 bits per heavy atom. The average molecular weight is 391 g/mol. The van der Waals surface area contributed by atoms with Gasteiger partial charge < -0.3 is 19.5 Å². The number of esters is 1. The molecule has 3 aromatic rings. The van der Waals surface area contributed by atoms with Crippen LogP contribution in [0.1, 0.15) is 5.56 Å². The van der Waals surface area contributed by atoms with Crippen molar-refractivity contribution in [1.29, 1.82) is 0 Å². The monoisotopic (exact) mass is 391 g/mol. The van der Waals surface area contributed by atoms with Gasteiger partial charge in [-0.05, 0) is 41.1 Å². The minimum Gasteiger partial charge on any atom is -0.497 e. The highest BCUT2D eigenvalue weighted by Crippen LogP contribution is 2.25. The summed E-state index contributed by atoms with van der Waals surface area (Å²) in [7, 11) is 3.09. The Morgan fingerprint density at radius 2 is 1.72 bits per heavy atom. The van der Waals surface area contributed by atoms with Gasteiger partial charge in [-0.25, -0.2) is 4.79 Å². The van der Waals surface area contributed by atoms with Gasteiger partial charge in [0.25, 0.3) is 5.91 Å². The molecule has 0 atom stereocenters. The second-order valence-corrected chi connectivity index (χ2v) is 6.16. The topological polar surface area (TPSA) is 73.9 Å². The lowest BCUT2D eigenvalue weighted by molar-refractivity contribution is -0.142. The molecule has 148 valence electrons. The Morgan fingerprint density at radius 3 is 2.48 bits per heavy atom. The third-order valence-corrected chi connectivity index (χ3v) is 4.22. The number of rotatable bonds is 7. The molecule has 6 heteroatoms. The van der Waals surface area contributed by atoms with Crippen molar-refractivity contribution in [1.82, 2.24) is 0 Å². The quantitative estimate of drug-likeness (QED) is 0.486. The first-order valence-corrected chi connectivity index (χ1v) is 8.94. The van der Waals surface area contributed by atoms with Crippen LogP contribution >= 0.6 is 0 Å². The van der Waals surface area contributed by atoms with Gasteiger partial charge >= 0.3 is 5.97 Å². The van der Waals surface area contributed by atoms with Crippen molar-refractivity contribution >= 4 is 34.4 Å². The third kappa shape index (κ3) is 5.35. The number of carbonyl (C=O) groups is 2. The summed E-state index contributed by atoms with van der Waals surface area (Å²) in [6.07, 6.45) is 2.80. The number of carbonyl (C=O) groups excluding carboxylic acids is 2. The Bertz CT molecular complexity index is 1060. The summed E-state index contributed by atoms with van der Waals surface area (Å²) >= 11 is 0. The molecule has 0 aliphatic heterocycles. The number of ether oxygens (including phenoxy) is 3. The van der Waals surface area contributed by atoms with E-state index in [9.17, 15) is 9.59 Å². The van der Waals surface area contributed by atoms with Crippen molar-refractivity contribution in [3.63, 3.8) is 0 Å². The normalized spacial score (nSPS) is 10.7. The molecule has 0 radical (unpaired) electrons. The van der Waals surface area contributed by atoms with Crippen LogP contribution in [0.4, 0.5) is 5.69 Å². The van der Waals surface area contributed by atoms with E-state index in [0.29, 0.717) is 22.7 Å². The number of anilines is 1. The predicted molar refractivity (Wildman–Crippen MR) is 112 cm³/mol. The number of amides is 1. The summed E-state index contributed by atoms with van der Waals surface area (Å²) < 4.78 is 15.4. The highest BCUT2D eigenvalue weighted by atomic mass is 16.5. The van der Waals surface area contributed by atoms with Gasteiger partial charge in [0.05, 0.1) is 14.2 Å². The fourth-order valence-electron chi connectivity index (χ4n) is 2.76. The number of hydrogen-bond acceptors (Lipinski definition) is 5. The molecular formula is C23H21NO5. The minimum atomic E-state index is -0.628. The van der Waals surface area contributed by atoms with Crippen LogP contribution in [0.15, 0.2) is 66.7 Å². The molecule has 0 saturated carbocycles. The van der Waals surface area contributed by atoms with Crippen molar-refractivity contribution in [3.05, 3.63) is 72.3 Å². The Labute approximate surface area is 168 Å². The molecule has 0 saturated heterocycles. The zero-order valence-electron chi connectivity index (χ0n) is 16.2. The summed E-state index contributed by atoms with van der Waals surface area (Å²) in [5.41, 5.74) is 1.33. The third-order valence-electron chi connectivity index (χ3n) is 4.22. The molecule has 0 bridgehead atoms. The standard InChI is InChI=1S/C23H21NO5/c1-27-20-11-8-17(21(14-20)28-2)9-12-23(26)29-15-22(25)24-19-10-7-16-5-3-4-6-18(16)13-19/h3-14H,15H2,1-2H3,(H,24,25)/b12-9+. The second kappa shape index (κ2) is 9.41. The van der Waals surface area contributed by atoms with Gasteiger partial charge in [0.1, 0.15) is 11.5 Å². The van der Waals surface area contributed by atoms with Crippen LogP contribution in [0.3, 0.4) is 0 Å². The van der Waals surface area contributed by atoms with E-state index >= 15 is 0 Å². The average Bonchev–Trinajstić information content (AvgIpc) is 2.76. The molecule has 0 aliphatic rings. The minimum absolute atomic E-state index is 0.379. The van der Waals surface area contributed by atoms with Crippen LogP contribution in [0, 0.1) is 0 Å². The molecule has 1 N–H and O–H groups in total. The highest BCUT2D eigenvalue weighted by Gasteiger charge is 2.07. The van der Waals surface area contributed by atoms with E-state index in [1.807, 2.05) is 36.4 Å². The van der Waals surface area contributed by atoms with E-state index in [-0.39, 0.29) is 6.61 Å². The van der Waals surface area contributed by atoms with Crippen molar-refractivity contribution in [2.24, 2.45) is 0 Å². The summed E-state index contributed by atoms with van der Waals surface area (Å²) in [6.45, 7) is -0.379. The summed E-state index contributed by atoms with van der Waals surface area (Å²) in [6, 6.07) is 18.6. The molecule has 3 aromatic carbocycles. The van der Waals surface area contributed by atoms with E-state index in [4.69, 9.17) is 14.2 Å². The molecule has 0 aromatic heterocycles. The van der Waals surface area contributed by atoms with Crippen molar-refractivity contribution < 1.29 is 23.8 Å². The summed E-state index contributed by atoms with van der Waals surface area (Å²) in [5, 5.41) is 4.81. The molecule has 29 heavy (non-hydrogen) atoms. The highest BCUT2D eigenvalue weighted by molar-refractivity contribution is 5.96. The summed E-state index contributed by atoms with van der Waals surface area (Å²) in [5.74, 6) is 0.162. The van der Waals surface area contributed by atoms with Crippen molar-refractivity contribution in [2.75, 3.05) is 26.1 Å². The second-order valence-electron chi connectivity index (χ2n) is 6.16. The number of hydrogen-bond donors (Lipinski definition) is 1. The molecule has 0 spiro atoms. The van der Waals surface area contributed by atoms with Crippen LogP contribution in [-0.4, -0.2) is 32.7 Å².